The Hall–Kier alpha value is -1.11. The average Bonchev–Trinajstić information content (AvgIpc) is 2.89. The van der Waals surface area contributed by atoms with Gasteiger partial charge >= 0.3 is 0 Å². The Labute approximate surface area is 120 Å². The fourth-order valence-corrected chi connectivity index (χ4v) is 2.69. The summed E-state index contributed by atoms with van der Waals surface area (Å²) in [7, 11) is 1.67. The predicted molar refractivity (Wildman–Crippen MR) is 76.0 cm³/mol. The number of nitrogens with two attached hydrogens (primary N) is 1. The van der Waals surface area contributed by atoms with Crippen molar-refractivity contribution < 1.29 is 9.15 Å². The van der Waals surface area contributed by atoms with Crippen molar-refractivity contribution in [3.8, 4) is 0 Å². The van der Waals surface area contributed by atoms with Gasteiger partial charge in [-0.05, 0) is 35.8 Å². The topological polar surface area (TPSA) is 66.2 Å². The molecule has 0 aliphatic rings. The number of methoxy groups -OCH3 is 1. The van der Waals surface area contributed by atoms with Gasteiger partial charge in [0.1, 0.15) is 11.5 Å². The second-order valence-corrected chi connectivity index (χ2v) is 5.29. The van der Waals surface area contributed by atoms with E-state index in [4.69, 9.17) is 14.9 Å². The van der Waals surface area contributed by atoms with Crippen LogP contribution in [-0.2, 0) is 11.3 Å². The zero-order chi connectivity index (χ0) is 14.0. The molecule has 2 rings (SSSR count). The monoisotopic (exact) mass is 327 g/mol. The maximum absolute atomic E-state index is 6.36. The number of aromatic nitrogens is 2. The zero-order valence-corrected chi connectivity index (χ0v) is 12.9. The molecule has 2 aromatic rings. The van der Waals surface area contributed by atoms with E-state index in [1.165, 1.54) is 0 Å². The third kappa shape index (κ3) is 2.91. The van der Waals surface area contributed by atoms with Gasteiger partial charge in [0.2, 0.25) is 0 Å². The lowest BCUT2D eigenvalue weighted by Gasteiger charge is -2.14. The molecular formula is C13H18BrN3O2. The van der Waals surface area contributed by atoms with Gasteiger partial charge in [0, 0.05) is 12.7 Å². The van der Waals surface area contributed by atoms with Crippen LogP contribution in [0, 0.1) is 13.8 Å². The highest BCUT2D eigenvalue weighted by Gasteiger charge is 2.21. The molecule has 0 radical (unpaired) electrons. The summed E-state index contributed by atoms with van der Waals surface area (Å²) in [5.41, 5.74) is 8.27. The van der Waals surface area contributed by atoms with Crippen molar-refractivity contribution in [3.05, 3.63) is 39.5 Å². The van der Waals surface area contributed by atoms with Crippen LogP contribution in [0.3, 0.4) is 0 Å². The van der Waals surface area contributed by atoms with Gasteiger partial charge in [0.05, 0.1) is 35.6 Å². The van der Waals surface area contributed by atoms with Crippen LogP contribution in [-0.4, -0.2) is 23.5 Å². The number of rotatable bonds is 5. The highest BCUT2D eigenvalue weighted by Crippen LogP contribution is 2.30. The molecule has 2 aromatic heterocycles. The Morgan fingerprint density at radius 1 is 1.53 bits per heavy atom. The summed E-state index contributed by atoms with van der Waals surface area (Å²) < 4.78 is 13.4. The number of hydrogen-bond donors (Lipinski definition) is 1. The van der Waals surface area contributed by atoms with Crippen molar-refractivity contribution in [2.45, 2.75) is 26.4 Å². The van der Waals surface area contributed by atoms with E-state index in [1.807, 2.05) is 24.6 Å². The zero-order valence-electron chi connectivity index (χ0n) is 11.3. The second kappa shape index (κ2) is 5.90. The first-order valence-corrected chi connectivity index (χ1v) is 6.86. The number of nitrogens with zero attached hydrogens (tertiary/aromatic N) is 2. The van der Waals surface area contributed by atoms with Crippen LogP contribution in [0.4, 0.5) is 0 Å². The van der Waals surface area contributed by atoms with Gasteiger partial charge in [-0.25, -0.2) is 0 Å². The summed E-state index contributed by atoms with van der Waals surface area (Å²) >= 11 is 3.50. The first kappa shape index (κ1) is 14.3. The molecule has 0 bridgehead atoms. The normalized spacial score (nSPS) is 12.9. The van der Waals surface area contributed by atoms with Crippen molar-refractivity contribution in [2.24, 2.45) is 5.73 Å². The molecule has 0 spiro atoms. The number of ether oxygens (including phenoxy) is 1. The minimum absolute atomic E-state index is 0.272. The minimum Gasteiger partial charge on any atom is -0.466 e. The van der Waals surface area contributed by atoms with E-state index < -0.39 is 0 Å². The molecule has 0 aliphatic carbocycles. The molecule has 2 N–H and O–H groups in total. The van der Waals surface area contributed by atoms with Crippen molar-refractivity contribution in [3.63, 3.8) is 0 Å². The third-order valence-corrected chi connectivity index (χ3v) is 3.66. The van der Waals surface area contributed by atoms with E-state index in [1.54, 1.807) is 13.3 Å². The highest BCUT2D eigenvalue weighted by atomic mass is 79.9. The van der Waals surface area contributed by atoms with Gasteiger partial charge in [-0.1, -0.05) is 0 Å². The van der Waals surface area contributed by atoms with Crippen molar-refractivity contribution >= 4 is 15.9 Å². The van der Waals surface area contributed by atoms with Crippen LogP contribution < -0.4 is 5.73 Å². The summed E-state index contributed by atoms with van der Waals surface area (Å²) in [5, 5.41) is 4.32. The van der Waals surface area contributed by atoms with Crippen LogP contribution in [0.15, 0.2) is 21.2 Å². The standard InChI is InChI=1S/C13H18BrN3O2/c1-8-6-10(9(2)19-8)12(15)13-11(14)7-16-17(13)4-5-18-3/h6-7,12H,4-5,15H2,1-3H3. The maximum Gasteiger partial charge on any atom is 0.106 e. The molecule has 0 saturated carbocycles. The quantitative estimate of drug-likeness (QED) is 0.916. The van der Waals surface area contributed by atoms with Crippen LogP contribution in [0.5, 0.6) is 0 Å². The molecule has 19 heavy (non-hydrogen) atoms. The molecular weight excluding hydrogens is 310 g/mol. The summed E-state index contributed by atoms with van der Waals surface area (Å²) in [5.74, 6) is 1.71. The number of hydrogen-bond acceptors (Lipinski definition) is 4. The number of aryl methyl sites for hydroxylation is 2. The largest absolute Gasteiger partial charge is 0.466 e. The Balaban J connectivity index is 2.35. The van der Waals surface area contributed by atoms with E-state index in [9.17, 15) is 0 Å². The van der Waals surface area contributed by atoms with E-state index in [0.29, 0.717) is 13.2 Å². The predicted octanol–water partition coefficient (Wildman–Crippen LogP) is 2.55. The smallest absolute Gasteiger partial charge is 0.106 e. The molecule has 5 nitrogen and oxygen atoms in total. The van der Waals surface area contributed by atoms with Gasteiger partial charge in [0.15, 0.2) is 0 Å². The van der Waals surface area contributed by atoms with E-state index >= 15 is 0 Å². The van der Waals surface area contributed by atoms with Gasteiger partial charge in [0.25, 0.3) is 0 Å². The minimum atomic E-state index is -0.272. The van der Waals surface area contributed by atoms with Gasteiger partial charge in [-0.2, -0.15) is 5.10 Å². The molecule has 0 aromatic carbocycles. The highest BCUT2D eigenvalue weighted by molar-refractivity contribution is 9.10. The molecule has 2 heterocycles. The average molecular weight is 328 g/mol. The van der Waals surface area contributed by atoms with Gasteiger partial charge in [-0.15, -0.1) is 0 Å². The molecule has 0 fully saturated rings. The van der Waals surface area contributed by atoms with Crippen LogP contribution >= 0.6 is 15.9 Å². The van der Waals surface area contributed by atoms with Crippen LogP contribution in [0.1, 0.15) is 28.8 Å². The van der Waals surface area contributed by atoms with Crippen molar-refractivity contribution in [1.82, 2.24) is 9.78 Å². The molecule has 0 saturated heterocycles. The van der Waals surface area contributed by atoms with Gasteiger partial charge < -0.3 is 14.9 Å². The Bertz CT molecular complexity index is 562. The van der Waals surface area contributed by atoms with Gasteiger partial charge in [-0.3, -0.25) is 4.68 Å². The summed E-state index contributed by atoms with van der Waals surface area (Å²) in [6.07, 6.45) is 1.76. The lowest BCUT2D eigenvalue weighted by atomic mass is 10.1. The Morgan fingerprint density at radius 3 is 2.84 bits per heavy atom. The fourth-order valence-electron chi connectivity index (χ4n) is 2.14. The first-order chi connectivity index (χ1) is 9.04. The Morgan fingerprint density at radius 2 is 2.26 bits per heavy atom. The molecule has 0 amide bonds. The first-order valence-electron chi connectivity index (χ1n) is 6.07. The van der Waals surface area contributed by atoms with Crippen LogP contribution in [0.2, 0.25) is 0 Å². The van der Waals surface area contributed by atoms with E-state index in [0.717, 1.165) is 27.3 Å². The summed E-state index contributed by atoms with van der Waals surface area (Å²) in [6, 6.07) is 1.70. The van der Waals surface area contributed by atoms with Crippen LogP contribution in [0.25, 0.3) is 0 Å². The molecule has 0 aliphatic heterocycles. The summed E-state index contributed by atoms with van der Waals surface area (Å²) in [6.45, 7) is 5.10. The summed E-state index contributed by atoms with van der Waals surface area (Å²) in [4.78, 5) is 0. The molecule has 104 valence electrons. The molecule has 1 atom stereocenters. The number of furan rings is 1. The second-order valence-electron chi connectivity index (χ2n) is 4.44. The van der Waals surface area contributed by atoms with Crippen molar-refractivity contribution in [1.29, 1.82) is 0 Å². The third-order valence-electron chi connectivity index (χ3n) is 3.05. The van der Waals surface area contributed by atoms with E-state index in [2.05, 4.69) is 21.0 Å². The SMILES string of the molecule is COCCn1ncc(Br)c1C(N)c1cc(C)oc1C. The fraction of sp³-hybridized carbons (Fsp3) is 0.462. The molecule has 6 heteroatoms. The lowest BCUT2D eigenvalue weighted by Crippen LogP contribution is -2.19. The number of halogens is 1. The Kier molecular flexibility index (Phi) is 4.44. The lowest BCUT2D eigenvalue weighted by molar-refractivity contribution is 0.182. The van der Waals surface area contributed by atoms with Crippen molar-refractivity contribution in [2.75, 3.05) is 13.7 Å². The van der Waals surface area contributed by atoms with E-state index in [-0.39, 0.29) is 6.04 Å². The molecule has 1 unspecified atom stereocenters. The maximum atomic E-state index is 6.36.